The number of nitrogens with zero attached hydrogens (tertiary/aromatic N) is 2. The van der Waals surface area contributed by atoms with Gasteiger partial charge in [0.25, 0.3) is 0 Å². The smallest absolute Gasteiger partial charge is 0.177 e. The van der Waals surface area contributed by atoms with Crippen LogP contribution in [0, 0.1) is 9.28 Å². The average Bonchev–Trinajstić information content (AvgIpc) is 2.27. The maximum Gasteiger partial charge on any atom is 0.177 e. The molecular formula is C8H6N4S4. The van der Waals surface area contributed by atoms with Crippen molar-refractivity contribution in [3.8, 4) is 0 Å². The number of hydrogen-bond donors (Lipinski definition) is 2. The summed E-state index contributed by atoms with van der Waals surface area (Å²) < 4.78 is 1.32. The molecule has 4 nitrogen and oxygen atoms in total. The summed E-state index contributed by atoms with van der Waals surface area (Å²) in [6.45, 7) is 0. The van der Waals surface area contributed by atoms with Crippen LogP contribution in [-0.4, -0.2) is 19.9 Å². The summed E-state index contributed by atoms with van der Waals surface area (Å²) >= 11 is 9.99. The van der Waals surface area contributed by atoms with Crippen LogP contribution < -0.4 is 0 Å². The molecule has 2 rings (SSSR count). The van der Waals surface area contributed by atoms with Gasteiger partial charge in [-0.3, -0.25) is 0 Å². The van der Waals surface area contributed by atoms with Gasteiger partial charge in [-0.15, -0.1) is 0 Å². The van der Waals surface area contributed by atoms with Crippen LogP contribution in [0.4, 0.5) is 0 Å². The highest BCUT2D eigenvalue weighted by molar-refractivity contribution is 8.76. The first-order valence-corrected chi connectivity index (χ1v) is 7.16. The summed E-state index contributed by atoms with van der Waals surface area (Å²) in [5, 5.41) is 1.48. The molecule has 2 N–H and O–H groups in total. The third-order valence-electron chi connectivity index (χ3n) is 1.50. The molecular weight excluding hydrogens is 280 g/mol. The number of aromatic nitrogens is 4. The van der Waals surface area contributed by atoms with Crippen LogP contribution >= 0.6 is 46.0 Å². The van der Waals surface area contributed by atoms with Crippen molar-refractivity contribution in [2.45, 2.75) is 10.3 Å². The van der Waals surface area contributed by atoms with E-state index in [1.807, 2.05) is 0 Å². The molecule has 82 valence electrons. The van der Waals surface area contributed by atoms with Crippen molar-refractivity contribution in [3.63, 3.8) is 0 Å². The van der Waals surface area contributed by atoms with Crippen LogP contribution in [0.1, 0.15) is 0 Å². The Balaban J connectivity index is 2.08. The first-order valence-electron chi connectivity index (χ1n) is 4.19. The lowest BCUT2D eigenvalue weighted by Gasteiger charge is -1.99. The van der Waals surface area contributed by atoms with Gasteiger partial charge in [0, 0.05) is 12.4 Å². The molecule has 0 atom stereocenters. The Morgan fingerprint density at radius 3 is 1.69 bits per heavy atom. The Kier molecular flexibility index (Phi) is 4.10. The van der Waals surface area contributed by atoms with Crippen LogP contribution in [0.2, 0.25) is 0 Å². The fourth-order valence-electron chi connectivity index (χ4n) is 0.868. The second kappa shape index (κ2) is 5.58. The van der Waals surface area contributed by atoms with E-state index in [2.05, 4.69) is 19.9 Å². The van der Waals surface area contributed by atoms with Crippen LogP contribution in [0.5, 0.6) is 0 Å². The van der Waals surface area contributed by atoms with Crippen molar-refractivity contribution >= 4 is 46.0 Å². The van der Waals surface area contributed by atoms with Crippen molar-refractivity contribution in [3.05, 3.63) is 33.8 Å². The molecule has 0 saturated heterocycles. The van der Waals surface area contributed by atoms with Crippen molar-refractivity contribution in [2.75, 3.05) is 0 Å². The van der Waals surface area contributed by atoms with Crippen molar-refractivity contribution in [1.29, 1.82) is 0 Å². The zero-order chi connectivity index (χ0) is 11.4. The first-order chi connectivity index (χ1) is 7.74. The highest BCUT2D eigenvalue weighted by Gasteiger charge is 1.99. The molecule has 8 heteroatoms. The van der Waals surface area contributed by atoms with E-state index in [9.17, 15) is 0 Å². The minimum atomic E-state index is 0.659. The Labute approximate surface area is 110 Å². The standard InChI is InChI=1S/C8H6N4S4/c13-5-1-3-9-7(11-5)15-16-8-10-4-2-6(14)12-8/h1-4H,(H,9,11,13)(H,10,12,14). The highest BCUT2D eigenvalue weighted by atomic mass is 33.1. The van der Waals surface area contributed by atoms with E-state index in [1.165, 1.54) is 21.6 Å². The highest BCUT2D eigenvalue weighted by Crippen LogP contribution is 2.32. The second-order valence-corrected chi connectivity index (χ2v) is 5.63. The van der Waals surface area contributed by atoms with Gasteiger partial charge in [-0.1, -0.05) is 24.4 Å². The zero-order valence-corrected chi connectivity index (χ0v) is 11.1. The lowest BCUT2D eigenvalue weighted by Crippen LogP contribution is -1.85. The van der Waals surface area contributed by atoms with Gasteiger partial charge in [0.2, 0.25) is 0 Å². The molecule has 0 radical (unpaired) electrons. The summed E-state index contributed by atoms with van der Waals surface area (Å²) in [4.78, 5) is 14.2. The minimum absolute atomic E-state index is 0.659. The third-order valence-corrected chi connectivity index (χ3v) is 3.98. The van der Waals surface area contributed by atoms with Gasteiger partial charge in [-0.25, -0.2) is 9.97 Å². The largest absolute Gasteiger partial charge is 0.325 e. The van der Waals surface area contributed by atoms with Gasteiger partial charge in [0.15, 0.2) is 10.3 Å². The van der Waals surface area contributed by atoms with Crippen molar-refractivity contribution in [1.82, 2.24) is 19.9 Å². The van der Waals surface area contributed by atoms with E-state index in [0.717, 1.165) is 10.3 Å². The topological polar surface area (TPSA) is 57.4 Å². The Hall–Kier alpha value is -0.700. The van der Waals surface area contributed by atoms with Crippen LogP contribution in [-0.2, 0) is 0 Å². The Bertz CT molecular complexity index is 537. The molecule has 0 unspecified atom stereocenters. The fraction of sp³-hybridized carbons (Fsp3) is 0. The molecule has 0 spiro atoms. The first kappa shape index (κ1) is 11.8. The quantitative estimate of drug-likeness (QED) is 0.512. The van der Waals surface area contributed by atoms with E-state index in [0.29, 0.717) is 9.28 Å². The summed E-state index contributed by atoms with van der Waals surface area (Å²) in [5.41, 5.74) is 0. The molecule has 2 heterocycles. The molecule has 0 aromatic carbocycles. The SMILES string of the molecule is S=c1ccnc(SSc2nccc(=S)[nH]2)[nH]1. The van der Waals surface area contributed by atoms with E-state index in [1.54, 1.807) is 24.5 Å². The van der Waals surface area contributed by atoms with Gasteiger partial charge < -0.3 is 9.97 Å². The molecule has 0 saturated carbocycles. The average molecular weight is 286 g/mol. The summed E-state index contributed by atoms with van der Waals surface area (Å²) in [7, 11) is 2.88. The van der Waals surface area contributed by atoms with Gasteiger partial charge in [0.1, 0.15) is 9.28 Å². The van der Waals surface area contributed by atoms with Crippen LogP contribution in [0.25, 0.3) is 0 Å². The predicted octanol–water partition coefficient (Wildman–Crippen LogP) is 3.39. The molecule has 0 bridgehead atoms. The van der Waals surface area contributed by atoms with Crippen molar-refractivity contribution < 1.29 is 0 Å². The van der Waals surface area contributed by atoms with Gasteiger partial charge in [-0.05, 0) is 33.7 Å². The molecule has 0 aliphatic heterocycles. The maximum absolute atomic E-state index is 4.99. The number of H-pyrrole nitrogens is 2. The van der Waals surface area contributed by atoms with E-state index < -0.39 is 0 Å². The van der Waals surface area contributed by atoms with Gasteiger partial charge in [-0.2, -0.15) is 0 Å². The molecule has 0 fully saturated rings. The van der Waals surface area contributed by atoms with Crippen LogP contribution in [0.15, 0.2) is 34.8 Å². The lowest BCUT2D eigenvalue weighted by atomic mass is 10.7. The molecule has 2 aromatic heterocycles. The second-order valence-electron chi connectivity index (χ2n) is 2.65. The molecule has 16 heavy (non-hydrogen) atoms. The molecule has 0 amide bonds. The number of hydrogen-bond acceptors (Lipinski definition) is 6. The lowest BCUT2D eigenvalue weighted by molar-refractivity contribution is 0.955. The summed E-state index contributed by atoms with van der Waals surface area (Å²) in [6, 6.07) is 3.47. The van der Waals surface area contributed by atoms with E-state index in [4.69, 9.17) is 24.4 Å². The normalized spacial score (nSPS) is 10.2. The Morgan fingerprint density at radius 1 is 0.875 bits per heavy atom. The zero-order valence-electron chi connectivity index (χ0n) is 7.84. The Morgan fingerprint density at radius 2 is 1.31 bits per heavy atom. The third kappa shape index (κ3) is 3.41. The van der Waals surface area contributed by atoms with Gasteiger partial charge >= 0.3 is 0 Å². The maximum atomic E-state index is 4.99. The fourth-order valence-corrected chi connectivity index (χ4v) is 2.96. The minimum Gasteiger partial charge on any atom is -0.325 e. The molecule has 0 aliphatic carbocycles. The van der Waals surface area contributed by atoms with Crippen LogP contribution in [0.3, 0.4) is 0 Å². The van der Waals surface area contributed by atoms with Crippen molar-refractivity contribution in [2.24, 2.45) is 0 Å². The summed E-state index contributed by atoms with van der Waals surface area (Å²) in [6.07, 6.45) is 3.34. The predicted molar refractivity (Wildman–Crippen MR) is 70.6 cm³/mol. The van der Waals surface area contributed by atoms with Gasteiger partial charge in [0.05, 0.1) is 0 Å². The molecule has 0 aliphatic rings. The van der Waals surface area contributed by atoms with E-state index >= 15 is 0 Å². The summed E-state index contributed by atoms with van der Waals surface area (Å²) in [5.74, 6) is 0. The number of rotatable bonds is 3. The van der Waals surface area contributed by atoms with E-state index in [-0.39, 0.29) is 0 Å². The number of nitrogens with one attached hydrogen (secondary N) is 2. The monoisotopic (exact) mass is 286 g/mol. The number of aromatic amines is 2. The molecule has 2 aromatic rings.